The molecule has 17 heavy (non-hydrogen) atoms. The molecule has 0 radical (unpaired) electrons. The predicted molar refractivity (Wildman–Crippen MR) is 69.9 cm³/mol. The monoisotopic (exact) mass is 238 g/mol. The van der Waals surface area contributed by atoms with Crippen molar-refractivity contribution in [1.29, 1.82) is 0 Å². The number of carbonyl (C=O) groups is 1. The number of nitrogens with zero attached hydrogens (tertiary/aromatic N) is 1. The van der Waals surface area contributed by atoms with Crippen LogP contribution >= 0.6 is 0 Å². The Morgan fingerprint density at radius 2 is 1.94 bits per heavy atom. The summed E-state index contributed by atoms with van der Waals surface area (Å²) in [7, 11) is 0. The SMILES string of the molecule is CCCCCCN1CCC2(CCNCC2)C1=O. The van der Waals surface area contributed by atoms with E-state index >= 15 is 0 Å². The van der Waals surface area contributed by atoms with Crippen LogP contribution in [0.15, 0.2) is 0 Å². The summed E-state index contributed by atoms with van der Waals surface area (Å²) in [6, 6.07) is 0. The van der Waals surface area contributed by atoms with Crippen molar-refractivity contribution in [2.24, 2.45) is 5.41 Å². The van der Waals surface area contributed by atoms with E-state index in [0.29, 0.717) is 5.91 Å². The van der Waals surface area contributed by atoms with Gasteiger partial charge in [-0.15, -0.1) is 0 Å². The van der Waals surface area contributed by atoms with E-state index in [1.54, 1.807) is 0 Å². The van der Waals surface area contributed by atoms with E-state index in [2.05, 4.69) is 17.1 Å². The first-order chi connectivity index (χ1) is 8.28. The number of hydrogen-bond acceptors (Lipinski definition) is 2. The minimum absolute atomic E-state index is 0.0238. The van der Waals surface area contributed by atoms with Gasteiger partial charge in [-0.3, -0.25) is 4.79 Å². The van der Waals surface area contributed by atoms with Crippen LogP contribution in [0.5, 0.6) is 0 Å². The number of piperidine rings is 1. The third-order valence-electron chi connectivity index (χ3n) is 4.44. The Balaban J connectivity index is 1.80. The summed E-state index contributed by atoms with van der Waals surface area (Å²) in [6.45, 7) is 6.27. The van der Waals surface area contributed by atoms with E-state index in [1.165, 1.54) is 25.7 Å². The minimum Gasteiger partial charge on any atom is -0.342 e. The number of nitrogens with one attached hydrogen (secondary N) is 1. The molecule has 3 heteroatoms. The lowest BCUT2D eigenvalue weighted by molar-refractivity contribution is -0.137. The molecule has 0 atom stereocenters. The molecule has 1 N–H and O–H groups in total. The number of hydrogen-bond donors (Lipinski definition) is 1. The number of rotatable bonds is 5. The third kappa shape index (κ3) is 2.82. The predicted octanol–water partition coefficient (Wildman–Crippen LogP) is 2.17. The largest absolute Gasteiger partial charge is 0.342 e. The van der Waals surface area contributed by atoms with Gasteiger partial charge in [-0.1, -0.05) is 26.2 Å². The topological polar surface area (TPSA) is 32.3 Å². The average Bonchev–Trinajstić information content (AvgIpc) is 2.65. The van der Waals surface area contributed by atoms with Gasteiger partial charge in [0.25, 0.3) is 0 Å². The van der Waals surface area contributed by atoms with Gasteiger partial charge in [0.05, 0.1) is 5.41 Å². The van der Waals surface area contributed by atoms with Crippen LogP contribution < -0.4 is 5.32 Å². The Hall–Kier alpha value is -0.570. The number of carbonyl (C=O) groups excluding carboxylic acids is 1. The summed E-state index contributed by atoms with van der Waals surface area (Å²) in [5.74, 6) is 0.454. The molecule has 1 spiro atoms. The van der Waals surface area contributed by atoms with Gasteiger partial charge in [0.15, 0.2) is 0 Å². The van der Waals surface area contributed by atoms with Crippen molar-refractivity contribution in [2.75, 3.05) is 26.2 Å². The van der Waals surface area contributed by atoms with E-state index in [-0.39, 0.29) is 5.41 Å². The van der Waals surface area contributed by atoms with Crippen molar-refractivity contribution in [3.63, 3.8) is 0 Å². The van der Waals surface area contributed by atoms with Gasteiger partial charge in [0.1, 0.15) is 0 Å². The molecule has 0 aliphatic carbocycles. The van der Waals surface area contributed by atoms with Crippen molar-refractivity contribution in [3.05, 3.63) is 0 Å². The second-order valence-electron chi connectivity index (χ2n) is 5.63. The maximum atomic E-state index is 12.4. The highest BCUT2D eigenvalue weighted by atomic mass is 16.2. The smallest absolute Gasteiger partial charge is 0.228 e. The lowest BCUT2D eigenvalue weighted by Crippen LogP contribution is -2.42. The van der Waals surface area contributed by atoms with Gasteiger partial charge in [-0.05, 0) is 38.8 Å². The first-order valence-electron chi connectivity index (χ1n) is 7.29. The van der Waals surface area contributed by atoms with Crippen molar-refractivity contribution in [1.82, 2.24) is 10.2 Å². The summed E-state index contributed by atoms with van der Waals surface area (Å²) in [5.41, 5.74) is 0.0238. The van der Waals surface area contributed by atoms with Gasteiger partial charge in [-0.2, -0.15) is 0 Å². The van der Waals surface area contributed by atoms with Crippen LogP contribution in [0.3, 0.4) is 0 Å². The molecule has 2 aliphatic rings. The zero-order valence-electron chi connectivity index (χ0n) is 11.1. The first kappa shape index (κ1) is 12.9. The molecule has 0 aromatic rings. The molecule has 0 aromatic heterocycles. The highest BCUT2D eigenvalue weighted by Crippen LogP contribution is 2.39. The molecule has 2 aliphatic heterocycles. The van der Waals surface area contributed by atoms with Gasteiger partial charge >= 0.3 is 0 Å². The lowest BCUT2D eigenvalue weighted by Gasteiger charge is -2.32. The molecule has 2 fully saturated rings. The molecule has 0 aromatic carbocycles. The Morgan fingerprint density at radius 3 is 2.65 bits per heavy atom. The second kappa shape index (κ2) is 5.85. The minimum atomic E-state index is 0.0238. The molecule has 0 saturated carbocycles. The van der Waals surface area contributed by atoms with E-state index in [4.69, 9.17) is 0 Å². The summed E-state index contributed by atoms with van der Waals surface area (Å²) in [4.78, 5) is 14.6. The molecule has 2 saturated heterocycles. The van der Waals surface area contributed by atoms with Crippen LogP contribution in [0.25, 0.3) is 0 Å². The number of unbranched alkanes of at least 4 members (excludes halogenated alkanes) is 3. The Morgan fingerprint density at radius 1 is 1.18 bits per heavy atom. The van der Waals surface area contributed by atoms with Gasteiger partial charge in [0.2, 0.25) is 5.91 Å². The zero-order chi connectivity index (χ0) is 12.1. The van der Waals surface area contributed by atoms with Crippen LogP contribution in [0.1, 0.15) is 51.9 Å². The van der Waals surface area contributed by atoms with E-state index in [9.17, 15) is 4.79 Å². The second-order valence-corrected chi connectivity index (χ2v) is 5.63. The van der Waals surface area contributed by atoms with E-state index in [0.717, 1.165) is 45.4 Å². The number of likely N-dealkylation sites (tertiary alicyclic amines) is 1. The zero-order valence-corrected chi connectivity index (χ0v) is 11.1. The van der Waals surface area contributed by atoms with Gasteiger partial charge in [-0.25, -0.2) is 0 Å². The van der Waals surface area contributed by atoms with Gasteiger partial charge < -0.3 is 10.2 Å². The van der Waals surface area contributed by atoms with Crippen molar-refractivity contribution in [2.45, 2.75) is 51.9 Å². The van der Waals surface area contributed by atoms with Gasteiger partial charge in [0, 0.05) is 13.1 Å². The Labute approximate surface area is 105 Å². The molecule has 0 bridgehead atoms. The highest BCUT2D eigenvalue weighted by molar-refractivity contribution is 5.85. The summed E-state index contributed by atoms with van der Waals surface area (Å²) in [6.07, 6.45) is 8.24. The Kier molecular flexibility index (Phi) is 4.43. The average molecular weight is 238 g/mol. The third-order valence-corrected chi connectivity index (χ3v) is 4.44. The summed E-state index contributed by atoms with van der Waals surface area (Å²) >= 11 is 0. The first-order valence-corrected chi connectivity index (χ1v) is 7.29. The fourth-order valence-electron chi connectivity index (χ4n) is 3.20. The molecule has 3 nitrogen and oxygen atoms in total. The highest BCUT2D eigenvalue weighted by Gasteiger charge is 2.46. The maximum Gasteiger partial charge on any atom is 0.228 e. The molecule has 2 heterocycles. The maximum absolute atomic E-state index is 12.4. The lowest BCUT2D eigenvalue weighted by atomic mass is 9.78. The molecule has 98 valence electrons. The van der Waals surface area contributed by atoms with E-state index < -0.39 is 0 Å². The molecule has 1 amide bonds. The van der Waals surface area contributed by atoms with Crippen LogP contribution in [0.4, 0.5) is 0 Å². The van der Waals surface area contributed by atoms with Crippen LogP contribution in [-0.4, -0.2) is 37.0 Å². The molecular weight excluding hydrogens is 212 g/mol. The van der Waals surface area contributed by atoms with Crippen molar-refractivity contribution < 1.29 is 4.79 Å². The van der Waals surface area contributed by atoms with Crippen LogP contribution in [-0.2, 0) is 4.79 Å². The van der Waals surface area contributed by atoms with Crippen molar-refractivity contribution in [3.8, 4) is 0 Å². The van der Waals surface area contributed by atoms with Crippen molar-refractivity contribution >= 4 is 5.91 Å². The normalized spacial score (nSPS) is 23.6. The molecular formula is C14H26N2O. The molecule has 2 rings (SSSR count). The Bertz CT molecular complexity index is 259. The standard InChI is InChI=1S/C14H26N2O/c1-2-3-4-5-11-16-12-8-14(13(16)17)6-9-15-10-7-14/h15H,2-12H2,1H3. The van der Waals surface area contributed by atoms with Crippen LogP contribution in [0, 0.1) is 5.41 Å². The summed E-state index contributed by atoms with van der Waals surface area (Å²) in [5, 5.41) is 3.36. The fourth-order valence-corrected chi connectivity index (χ4v) is 3.20. The quantitative estimate of drug-likeness (QED) is 0.745. The fraction of sp³-hybridized carbons (Fsp3) is 0.929. The van der Waals surface area contributed by atoms with E-state index in [1.807, 2.05) is 0 Å². The van der Waals surface area contributed by atoms with Crippen LogP contribution in [0.2, 0.25) is 0 Å². The number of amides is 1. The summed E-state index contributed by atoms with van der Waals surface area (Å²) < 4.78 is 0. The molecule has 0 unspecified atom stereocenters.